The van der Waals surface area contributed by atoms with Gasteiger partial charge in [-0.15, -0.1) is 0 Å². The number of sulfone groups is 1. The quantitative estimate of drug-likeness (QED) is 0.489. The first-order valence-corrected chi connectivity index (χ1v) is 7.41. The van der Waals surface area contributed by atoms with Crippen LogP contribution in [0.4, 0.5) is 0 Å². The molecule has 2 atom stereocenters. The predicted octanol–water partition coefficient (Wildman–Crippen LogP) is 0.401. The Balaban J connectivity index is 2.31. The van der Waals surface area contributed by atoms with Gasteiger partial charge in [-0.25, -0.2) is 13.4 Å². The van der Waals surface area contributed by atoms with E-state index in [0.29, 0.717) is 0 Å². The number of rotatable bonds is 3. The van der Waals surface area contributed by atoms with Crippen molar-refractivity contribution in [2.24, 2.45) is 5.84 Å². The van der Waals surface area contributed by atoms with E-state index in [1.807, 2.05) is 0 Å². The monoisotopic (exact) mass is 285 g/mol. The van der Waals surface area contributed by atoms with E-state index in [1.165, 1.54) is 17.1 Å². The number of hydrazine groups is 1. The molecule has 1 aromatic rings. The smallest absolute Gasteiger partial charge is 0.217 e. The first-order chi connectivity index (χ1) is 8.93. The molecule has 1 heterocycles. The Morgan fingerprint density at radius 3 is 2.53 bits per heavy atom. The molecule has 0 aliphatic carbocycles. The van der Waals surface area contributed by atoms with E-state index in [-0.39, 0.29) is 24.3 Å². The van der Waals surface area contributed by atoms with Crippen molar-refractivity contribution in [1.29, 1.82) is 0 Å². The number of nitro groups is 1. The fourth-order valence-electron chi connectivity index (χ4n) is 2.19. The molecule has 0 aromatic heterocycles. The van der Waals surface area contributed by atoms with E-state index in [9.17, 15) is 18.5 Å². The average molecular weight is 285 g/mol. The highest BCUT2D eigenvalue weighted by Crippen LogP contribution is 2.26. The molecule has 2 unspecified atom stereocenters. The first-order valence-electron chi connectivity index (χ1n) is 5.86. The number of hydrogen-bond acceptors (Lipinski definition) is 6. The predicted molar refractivity (Wildman–Crippen MR) is 68.3 cm³/mol. The maximum absolute atomic E-state index is 12.4. The van der Waals surface area contributed by atoms with Crippen molar-refractivity contribution in [1.82, 2.24) is 5.01 Å². The van der Waals surface area contributed by atoms with Gasteiger partial charge < -0.3 is 0 Å². The van der Waals surface area contributed by atoms with Crippen molar-refractivity contribution >= 4 is 9.84 Å². The van der Waals surface area contributed by atoms with Crippen molar-refractivity contribution in [2.75, 3.05) is 6.54 Å². The van der Waals surface area contributed by atoms with Crippen LogP contribution in [0.25, 0.3) is 0 Å². The van der Waals surface area contributed by atoms with Crippen LogP contribution in [-0.4, -0.2) is 36.3 Å². The minimum Gasteiger partial charge on any atom is -0.268 e. The standard InChI is InChI=1S/C11H15N3O4S/c12-13-7-6-9(14(15)16)8-11(13)19(17,18)10-4-2-1-3-5-10/h1-5,9,11H,6-8,12H2. The topological polar surface area (TPSA) is 107 Å². The van der Waals surface area contributed by atoms with Gasteiger partial charge in [0, 0.05) is 24.3 Å². The molecule has 2 N–H and O–H groups in total. The summed E-state index contributed by atoms with van der Waals surface area (Å²) in [5, 5.41) is 11.0. The molecule has 0 radical (unpaired) electrons. The van der Waals surface area contributed by atoms with Crippen LogP contribution in [0.2, 0.25) is 0 Å². The molecule has 1 fully saturated rings. The first kappa shape index (κ1) is 13.9. The summed E-state index contributed by atoms with van der Waals surface area (Å²) in [6.07, 6.45) is 0.186. The summed E-state index contributed by atoms with van der Waals surface area (Å²) in [6.45, 7) is 0.197. The summed E-state index contributed by atoms with van der Waals surface area (Å²) < 4.78 is 24.8. The highest BCUT2D eigenvalue weighted by Gasteiger charge is 2.41. The van der Waals surface area contributed by atoms with E-state index in [4.69, 9.17) is 5.84 Å². The second-order valence-corrected chi connectivity index (χ2v) is 6.62. The van der Waals surface area contributed by atoms with Crippen LogP contribution >= 0.6 is 0 Å². The molecule has 7 nitrogen and oxygen atoms in total. The van der Waals surface area contributed by atoms with Gasteiger partial charge in [-0.2, -0.15) is 0 Å². The minimum absolute atomic E-state index is 0.0826. The van der Waals surface area contributed by atoms with E-state index < -0.39 is 26.2 Å². The maximum Gasteiger partial charge on any atom is 0.217 e. The maximum atomic E-state index is 12.4. The van der Waals surface area contributed by atoms with Crippen LogP contribution in [0, 0.1) is 10.1 Å². The normalized spacial score (nSPS) is 25.1. The van der Waals surface area contributed by atoms with Gasteiger partial charge in [0.15, 0.2) is 9.84 Å². The second kappa shape index (κ2) is 5.24. The lowest BCUT2D eigenvalue weighted by molar-refractivity contribution is -0.527. The molecule has 1 aliphatic rings. The third-order valence-corrected chi connectivity index (χ3v) is 5.40. The summed E-state index contributed by atoms with van der Waals surface area (Å²) in [5.41, 5.74) is 0. The third kappa shape index (κ3) is 2.75. The van der Waals surface area contributed by atoms with Gasteiger partial charge in [0.1, 0.15) is 5.37 Å². The molecule has 1 aromatic carbocycles. The van der Waals surface area contributed by atoms with Crippen LogP contribution in [0.5, 0.6) is 0 Å². The fourth-order valence-corrected chi connectivity index (χ4v) is 3.98. The van der Waals surface area contributed by atoms with Gasteiger partial charge in [0.2, 0.25) is 6.04 Å². The molecule has 104 valence electrons. The molecule has 0 saturated carbocycles. The number of nitrogens with zero attached hydrogens (tertiary/aromatic N) is 2. The number of hydrogen-bond donors (Lipinski definition) is 1. The van der Waals surface area contributed by atoms with Gasteiger partial charge in [0.05, 0.1) is 4.90 Å². The Kier molecular flexibility index (Phi) is 3.83. The largest absolute Gasteiger partial charge is 0.268 e. The molecular formula is C11H15N3O4S. The van der Waals surface area contributed by atoms with Crippen LogP contribution in [0.1, 0.15) is 12.8 Å². The molecule has 0 bridgehead atoms. The molecule has 19 heavy (non-hydrogen) atoms. The average Bonchev–Trinajstić information content (AvgIpc) is 2.39. The lowest BCUT2D eigenvalue weighted by Crippen LogP contribution is -2.53. The Labute approximate surface area is 111 Å². The van der Waals surface area contributed by atoms with Crippen molar-refractivity contribution < 1.29 is 13.3 Å². The van der Waals surface area contributed by atoms with Crippen molar-refractivity contribution in [3.05, 3.63) is 40.4 Å². The fraction of sp³-hybridized carbons (Fsp3) is 0.455. The molecule has 1 saturated heterocycles. The van der Waals surface area contributed by atoms with Crippen LogP contribution in [-0.2, 0) is 9.84 Å². The van der Waals surface area contributed by atoms with Gasteiger partial charge >= 0.3 is 0 Å². The van der Waals surface area contributed by atoms with E-state index in [1.54, 1.807) is 18.2 Å². The number of benzene rings is 1. The van der Waals surface area contributed by atoms with E-state index in [2.05, 4.69) is 0 Å². The van der Waals surface area contributed by atoms with Crippen LogP contribution in [0.15, 0.2) is 35.2 Å². The Morgan fingerprint density at radius 2 is 1.95 bits per heavy atom. The highest BCUT2D eigenvalue weighted by molar-refractivity contribution is 7.92. The molecule has 0 spiro atoms. The summed E-state index contributed by atoms with van der Waals surface area (Å²) in [6, 6.07) is 7.02. The summed E-state index contributed by atoms with van der Waals surface area (Å²) in [5.74, 6) is 5.70. The SMILES string of the molecule is NN1CCC([N+](=O)[O-])CC1S(=O)(=O)c1ccccc1. The lowest BCUT2D eigenvalue weighted by atomic mass is 10.1. The lowest BCUT2D eigenvalue weighted by Gasteiger charge is -2.32. The summed E-state index contributed by atoms with van der Waals surface area (Å²) in [4.78, 5) is 10.5. The third-order valence-electron chi connectivity index (χ3n) is 3.29. The minimum atomic E-state index is -3.68. The Morgan fingerprint density at radius 1 is 1.32 bits per heavy atom. The molecule has 2 rings (SSSR count). The van der Waals surface area contributed by atoms with Gasteiger partial charge in [-0.05, 0) is 12.1 Å². The highest BCUT2D eigenvalue weighted by atomic mass is 32.2. The van der Waals surface area contributed by atoms with Crippen LogP contribution < -0.4 is 5.84 Å². The van der Waals surface area contributed by atoms with E-state index in [0.717, 1.165) is 0 Å². The molecule has 0 amide bonds. The molecule has 1 aliphatic heterocycles. The number of nitrogens with two attached hydrogens (primary N) is 1. The van der Waals surface area contributed by atoms with Crippen LogP contribution in [0.3, 0.4) is 0 Å². The zero-order valence-electron chi connectivity index (χ0n) is 10.2. The summed E-state index contributed by atoms with van der Waals surface area (Å²) >= 11 is 0. The zero-order chi connectivity index (χ0) is 14.0. The van der Waals surface area contributed by atoms with Crippen molar-refractivity contribution in [2.45, 2.75) is 29.2 Å². The van der Waals surface area contributed by atoms with Crippen molar-refractivity contribution in [3.8, 4) is 0 Å². The van der Waals surface area contributed by atoms with E-state index >= 15 is 0 Å². The molecule has 8 heteroatoms. The summed E-state index contributed by atoms with van der Waals surface area (Å²) in [7, 11) is -3.68. The second-order valence-electron chi connectivity index (χ2n) is 4.51. The Bertz CT molecular complexity index is 561. The molecular weight excluding hydrogens is 270 g/mol. The van der Waals surface area contributed by atoms with Gasteiger partial charge in [-0.3, -0.25) is 16.0 Å². The zero-order valence-corrected chi connectivity index (χ0v) is 11.0. The van der Waals surface area contributed by atoms with Gasteiger partial charge in [-0.1, -0.05) is 18.2 Å². The van der Waals surface area contributed by atoms with Gasteiger partial charge in [0.25, 0.3) is 0 Å². The number of piperidine rings is 1. The van der Waals surface area contributed by atoms with Crippen molar-refractivity contribution in [3.63, 3.8) is 0 Å². The Hall–Kier alpha value is -1.51.